The molecule has 5 heteroatoms. The van der Waals surface area contributed by atoms with Crippen molar-refractivity contribution in [1.29, 1.82) is 0 Å². The zero-order valence-corrected chi connectivity index (χ0v) is 13.0. The Morgan fingerprint density at radius 3 is 2.68 bits per heavy atom. The van der Waals surface area contributed by atoms with E-state index >= 15 is 0 Å². The van der Waals surface area contributed by atoms with Crippen molar-refractivity contribution in [1.82, 2.24) is 9.97 Å². The summed E-state index contributed by atoms with van der Waals surface area (Å²) in [5, 5.41) is 4.44. The van der Waals surface area contributed by atoms with Crippen molar-refractivity contribution in [2.75, 3.05) is 18.5 Å². The van der Waals surface area contributed by atoms with Crippen molar-refractivity contribution in [2.45, 2.75) is 6.92 Å². The summed E-state index contributed by atoms with van der Waals surface area (Å²) < 4.78 is 5.76. The molecule has 0 saturated carbocycles. The highest BCUT2D eigenvalue weighted by atomic mass is 35.5. The average Bonchev–Trinajstić information content (AvgIpc) is 2.53. The lowest BCUT2D eigenvalue weighted by atomic mass is 10.2. The van der Waals surface area contributed by atoms with Crippen molar-refractivity contribution in [2.24, 2.45) is 0 Å². The minimum atomic E-state index is 0.237. The van der Waals surface area contributed by atoms with Gasteiger partial charge in [-0.05, 0) is 42.3 Å². The van der Waals surface area contributed by atoms with Crippen LogP contribution < -0.4 is 10.1 Å². The number of nitrogens with zero attached hydrogens (tertiary/aromatic N) is 2. The lowest BCUT2D eigenvalue weighted by Crippen LogP contribution is -2.13. The number of rotatable bonds is 5. The SMILES string of the molecule is Cc1ccccc1OCCNc1nc(Cl)nc2ccccc12. The van der Waals surface area contributed by atoms with Crippen LogP contribution in [0.1, 0.15) is 5.56 Å². The molecule has 4 nitrogen and oxygen atoms in total. The quantitative estimate of drug-likeness (QED) is 0.569. The number of aromatic nitrogens is 2. The fourth-order valence-corrected chi connectivity index (χ4v) is 2.41. The molecule has 0 radical (unpaired) electrons. The maximum Gasteiger partial charge on any atom is 0.224 e. The van der Waals surface area contributed by atoms with E-state index in [2.05, 4.69) is 15.3 Å². The summed E-state index contributed by atoms with van der Waals surface area (Å²) in [6, 6.07) is 15.7. The van der Waals surface area contributed by atoms with Crippen LogP contribution in [0.25, 0.3) is 10.9 Å². The molecule has 2 aromatic carbocycles. The monoisotopic (exact) mass is 313 g/mol. The predicted octanol–water partition coefficient (Wildman–Crippen LogP) is 4.08. The summed E-state index contributed by atoms with van der Waals surface area (Å²) in [5.41, 5.74) is 1.95. The van der Waals surface area contributed by atoms with Gasteiger partial charge in [0.05, 0.1) is 12.1 Å². The molecule has 3 aromatic rings. The Morgan fingerprint density at radius 1 is 1.05 bits per heavy atom. The van der Waals surface area contributed by atoms with Gasteiger partial charge in [0.1, 0.15) is 18.2 Å². The molecular formula is C17H16ClN3O. The normalized spacial score (nSPS) is 10.6. The first-order valence-electron chi connectivity index (χ1n) is 7.08. The Labute approximate surface area is 134 Å². The summed E-state index contributed by atoms with van der Waals surface area (Å²) in [7, 11) is 0. The Morgan fingerprint density at radius 2 is 1.82 bits per heavy atom. The molecule has 0 unspecified atom stereocenters. The standard InChI is InChI=1S/C17H16ClN3O/c1-12-6-2-5-9-15(12)22-11-10-19-16-13-7-3-4-8-14(13)20-17(18)21-16/h2-9H,10-11H2,1H3,(H,19,20,21). The zero-order valence-electron chi connectivity index (χ0n) is 12.2. The Hall–Kier alpha value is -2.33. The van der Waals surface area contributed by atoms with Gasteiger partial charge >= 0.3 is 0 Å². The van der Waals surface area contributed by atoms with Crippen molar-refractivity contribution in [3.63, 3.8) is 0 Å². The Balaban J connectivity index is 1.66. The third-order valence-corrected chi connectivity index (χ3v) is 3.49. The molecular weight excluding hydrogens is 298 g/mol. The fourth-order valence-electron chi connectivity index (χ4n) is 2.23. The highest BCUT2D eigenvalue weighted by Crippen LogP contribution is 2.21. The van der Waals surface area contributed by atoms with Crippen molar-refractivity contribution >= 4 is 28.3 Å². The highest BCUT2D eigenvalue weighted by Gasteiger charge is 2.05. The number of ether oxygens (including phenoxy) is 1. The molecule has 1 aromatic heterocycles. The van der Waals surface area contributed by atoms with E-state index in [1.54, 1.807) is 0 Å². The van der Waals surface area contributed by atoms with Gasteiger partial charge in [-0.15, -0.1) is 0 Å². The van der Waals surface area contributed by atoms with Crippen LogP contribution in [-0.4, -0.2) is 23.1 Å². The molecule has 0 bridgehead atoms. The second-order valence-electron chi connectivity index (χ2n) is 4.90. The van der Waals surface area contributed by atoms with Crippen LogP contribution in [-0.2, 0) is 0 Å². The second-order valence-corrected chi connectivity index (χ2v) is 5.24. The molecule has 0 aliphatic carbocycles. The smallest absolute Gasteiger partial charge is 0.224 e. The predicted molar refractivity (Wildman–Crippen MR) is 89.7 cm³/mol. The van der Waals surface area contributed by atoms with Crippen molar-refractivity contribution in [3.8, 4) is 5.75 Å². The third-order valence-electron chi connectivity index (χ3n) is 3.32. The summed E-state index contributed by atoms with van der Waals surface area (Å²) in [5.74, 6) is 1.62. The second kappa shape index (κ2) is 6.62. The molecule has 1 N–H and O–H groups in total. The Bertz CT molecular complexity index is 792. The van der Waals surface area contributed by atoms with Crippen LogP contribution in [0.4, 0.5) is 5.82 Å². The van der Waals surface area contributed by atoms with Gasteiger partial charge in [-0.3, -0.25) is 0 Å². The number of nitrogens with one attached hydrogen (secondary N) is 1. The largest absolute Gasteiger partial charge is 0.491 e. The molecule has 112 valence electrons. The topological polar surface area (TPSA) is 47.0 Å². The molecule has 0 atom stereocenters. The number of halogens is 1. The van der Waals surface area contributed by atoms with E-state index in [1.807, 2.05) is 55.5 Å². The van der Waals surface area contributed by atoms with E-state index < -0.39 is 0 Å². The van der Waals surface area contributed by atoms with Gasteiger partial charge in [0.15, 0.2) is 0 Å². The first kappa shape index (κ1) is 14.6. The van der Waals surface area contributed by atoms with Crippen molar-refractivity contribution in [3.05, 3.63) is 59.4 Å². The summed E-state index contributed by atoms with van der Waals surface area (Å²) >= 11 is 5.96. The number of anilines is 1. The van der Waals surface area contributed by atoms with Crippen LogP contribution in [0, 0.1) is 6.92 Å². The minimum absolute atomic E-state index is 0.237. The summed E-state index contributed by atoms with van der Waals surface area (Å²) in [6.07, 6.45) is 0. The van der Waals surface area contributed by atoms with E-state index in [-0.39, 0.29) is 5.28 Å². The van der Waals surface area contributed by atoms with Gasteiger partial charge < -0.3 is 10.1 Å². The minimum Gasteiger partial charge on any atom is -0.491 e. The van der Waals surface area contributed by atoms with E-state index in [0.29, 0.717) is 13.2 Å². The van der Waals surface area contributed by atoms with E-state index in [1.165, 1.54) is 0 Å². The maximum absolute atomic E-state index is 5.96. The van der Waals surface area contributed by atoms with E-state index in [0.717, 1.165) is 28.0 Å². The average molecular weight is 314 g/mol. The molecule has 3 rings (SSSR count). The van der Waals surface area contributed by atoms with Crippen LogP contribution >= 0.6 is 11.6 Å². The number of fused-ring (bicyclic) bond motifs is 1. The first-order chi connectivity index (χ1) is 10.7. The lowest BCUT2D eigenvalue weighted by Gasteiger charge is -2.11. The number of hydrogen-bond acceptors (Lipinski definition) is 4. The summed E-state index contributed by atoms with van der Waals surface area (Å²) in [6.45, 7) is 3.20. The van der Waals surface area contributed by atoms with Gasteiger partial charge in [0, 0.05) is 5.39 Å². The molecule has 22 heavy (non-hydrogen) atoms. The van der Waals surface area contributed by atoms with E-state index in [4.69, 9.17) is 16.3 Å². The number of hydrogen-bond donors (Lipinski definition) is 1. The van der Waals surface area contributed by atoms with Crippen LogP contribution in [0.15, 0.2) is 48.5 Å². The van der Waals surface area contributed by atoms with Gasteiger partial charge in [-0.2, -0.15) is 0 Å². The highest BCUT2D eigenvalue weighted by molar-refractivity contribution is 6.28. The number of aryl methyl sites for hydroxylation is 1. The molecule has 1 heterocycles. The third kappa shape index (κ3) is 3.28. The van der Waals surface area contributed by atoms with Gasteiger partial charge in [0.2, 0.25) is 5.28 Å². The number of para-hydroxylation sites is 2. The molecule has 0 fully saturated rings. The zero-order chi connectivity index (χ0) is 15.4. The lowest BCUT2D eigenvalue weighted by molar-refractivity contribution is 0.330. The molecule has 0 saturated heterocycles. The van der Waals surface area contributed by atoms with Gasteiger partial charge in [-0.1, -0.05) is 30.3 Å². The molecule has 0 amide bonds. The van der Waals surface area contributed by atoms with Crippen LogP contribution in [0.2, 0.25) is 5.28 Å². The van der Waals surface area contributed by atoms with Gasteiger partial charge in [-0.25, -0.2) is 9.97 Å². The fraction of sp³-hybridized carbons (Fsp3) is 0.176. The van der Waals surface area contributed by atoms with Crippen LogP contribution in [0.5, 0.6) is 5.75 Å². The van der Waals surface area contributed by atoms with Crippen molar-refractivity contribution < 1.29 is 4.74 Å². The number of benzene rings is 2. The summed E-state index contributed by atoms with van der Waals surface area (Å²) in [4.78, 5) is 8.46. The Kier molecular flexibility index (Phi) is 4.39. The van der Waals surface area contributed by atoms with E-state index in [9.17, 15) is 0 Å². The molecule has 0 spiro atoms. The maximum atomic E-state index is 5.96. The molecule has 0 aliphatic heterocycles. The molecule has 0 aliphatic rings. The van der Waals surface area contributed by atoms with Gasteiger partial charge in [0.25, 0.3) is 0 Å². The first-order valence-corrected chi connectivity index (χ1v) is 7.46. The van der Waals surface area contributed by atoms with Crippen LogP contribution in [0.3, 0.4) is 0 Å².